The zero-order chi connectivity index (χ0) is 14.8. The van der Waals surface area contributed by atoms with Crippen LogP contribution in [0.3, 0.4) is 0 Å². The van der Waals surface area contributed by atoms with Gasteiger partial charge in [-0.3, -0.25) is 4.98 Å². The molecular weight excluding hydrogens is 268 g/mol. The monoisotopic (exact) mass is 284 g/mol. The van der Waals surface area contributed by atoms with E-state index in [1.54, 1.807) is 7.11 Å². The highest BCUT2D eigenvalue weighted by Gasteiger charge is 2.14. The first kappa shape index (κ1) is 13.5. The highest BCUT2D eigenvalue weighted by Crippen LogP contribution is 2.26. The molecule has 0 radical (unpaired) electrons. The van der Waals surface area contributed by atoms with E-state index in [9.17, 15) is 4.79 Å². The smallest absolute Gasteiger partial charge is 0.417 e. The predicted octanol–water partition coefficient (Wildman–Crippen LogP) is 2.44. The number of aromatic amines is 1. The summed E-state index contributed by atoms with van der Waals surface area (Å²) < 4.78 is 10.4. The van der Waals surface area contributed by atoms with Gasteiger partial charge in [-0.15, -0.1) is 0 Å². The molecule has 2 N–H and O–H groups in total. The van der Waals surface area contributed by atoms with Crippen molar-refractivity contribution >= 4 is 11.1 Å². The van der Waals surface area contributed by atoms with E-state index in [0.717, 1.165) is 16.9 Å². The number of benzene rings is 2. The number of oxazole rings is 1. The third-order valence-corrected chi connectivity index (χ3v) is 3.49. The number of aromatic nitrogens is 1. The van der Waals surface area contributed by atoms with Gasteiger partial charge in [0.1, 0.15) is 5.75 Å². The first-order valence-electron chi connectivity index (χ1n) is 6.65. The molecule has 0 aliphatic carbocycles. The zero-order valence-corrected chi connectivity index (χ0v) is 11.8. The second-order valence-electron chi connectivity index (χ2n) is 4.77. The van der Waals surface area contributed by atoms with Gasteiger partial charge in [0.15, 0.2) is 5.58 Å². The summed E-state index contributed by atoms with van der Waals surface area (Å²) >= 11 is 0. The van der Waals surface area contributed by atoms with Crippen LogP contribution < -0.4 is 15.8 Å². The van der Waals surface area contributed by atoms with E-state index in [0.29, 0.717) is 11.1 Å². The van der Waals surface area contributed by atoms with Gasteiger partial charge < -0.3 is 14.5 Å². The van der Waals surface area contributed by atoms with E-state index in [2.05, 4.69) is 10.3 Å². The number of fused-ring (bicyclic) bond motifs is 1. The van der Waals surface area contributed by atoms with Crippen molar-refractivity contribution in [2.24, 2.45) is 0 Å². The normalized spacial score (nSPS) is 12.5. The molecule has 3 rings (SSSR count). The van der Waals surface area contributed by atoms with Crippen LogP contribution in [0.25, 0.3) is 11.1 Å². The lowest BCUT2D eigenvalue weighted by atomic mass is 9.98. The molecule has 5 heteroatoms. The number of hydrogen-bond acceptors (Lipinski definition) is 4. The van der Waals surface area contributed by atoms with Gasteiger partial charge in [0.25, 0.3) is 0 Å². The summed E-state index contributed by atoms with van der Waals surface area (Å²) in [5, 5.41) is 3.27. The highest BCUT2D eigenvalue weighted by molar-refractivity contribution is 5.73. The van der Waals surface area contributed by atoms with Gasteiger partial charge in [-0.05, 0) is 42.4 Å². The Kier molecular flexibility index (Phi) is 3.50. The number of nitrogens with one attached hydrogen (secondary N) is 2. The Bertz CT molecular complexity index is 820. The Morgan fingerprint density at radius 1 is 1.19 bits per heavy atom. The highest BCUT2D eigenvalue weighted by atomic mass is 16.5. The molecule has 1 atom stereocenters. The summed E-state index contributed by atoms with van der Waals surface area (Å²) in [4.78, 5) is 13.9. The van der Waals surface area contributed by atoms with Crippen molar-refractivity contribution in [2.75, 3.05) is 14.2 Å². The van der Waals surface area contributed by atoms with Crippen LogP contribution in [0.15, 0.2) is 51.7 Å². The van der Waals surface area contributed by atoms with Gasteiger partial charge in [0.05, 0.1) is 18.7 Å². The van der Waals surface area contributed by atoms with Crippen LogP contribution in [0.4, 0.5) is 0 Å². The molecule has 1 unspecified atom stereocenters. The van der Waals surface area contributed by atoms with Crippen molar-refractivity contribution in [3.63, 3.8) is 0 Å². The zero-order valence-electron chi connectivity index (χ0n) is 11.8. The first-order chi connectivity index (χ1) is 10.2. The average Bonchev–Trinajstić information content (AvgIpc) is 2.87. The van der Waals surface area contributed by atoms with E-state index in [1.807, 2.05) is 49.5 Å². The van der Waals surface area contributed by atoms with Crippen LogP contribution in [0.1, 0.15) is 17.2 Å². The van der Waals surface area contributed by atoms with E-state index >= 15 is 0 Å². The number of rotatable bonds is 4. The molecule has 0 saturated carbocycles. The minimum absolute atomic E-state index is 0.00954. The number of H-pyrrole nitrogens is 1. The lowest BCUT2D eigenvalue weighted by Crippen LogP contribution is -2.17. The molecule has 1 aromatic heterocycles. The van der Waals surface area contributed by atoms with Gasteiger partial charge in [-0.1, -0.05) is 18.2 Å². The fraction of sp³-hybridized carbons (Fsp3) is 0.188. The van der Waals surface area contributed by atoms with Gasteiger partial charge >= 0.3 is 5.76 Å². The summed E-state index contributed by atoms with van der Waals surface area (Å²) in [5.41, 5.74) is 3.35. The fourth-order valence-corrected chi connectivity index (χ4v) is 2.49. The lowest BCUT2D eigenvalue weighted by molar-refractivity contribution is 0.414. The number of methoxy groups -OCH3 is 1. The Labute approximate surface area is 121 Å². The second kappa shape index (κ2) is 5.46. The Morgan fingerprint density at radius 3 is 2.76 bits per heavy atom. The van der Waals surface area contributed by atoms with E-state index in [-0.39, 0.29) is 6.04 Å². The van der Waals surface area contributed by atoms with E-state index in [1.165, 1.54) is 0 Å². The van der Waals surface area contributed by atoms with Crippen LogP contribution in [0.2, 0.25) is 0 Å². The van der Waals surface area contributed by atoms with Crippen molar-refractivity contribution in [3.05, 3.63) is 64.1 Å². The van der Waals surface area contributed by atoms with Crippen LogP contribution in [-0.4, -0.2) is 19.1 Å². The molecule has 0 spiro atoms. The molecule has 0 saturated heterocycles. The Balaban J connectivity index is 2.05. The maximum absolute atomic E-state index is 11.2. The predicted molar refractivity (Wildman–Crippen MR) is 80.7 cm³/mol. The Hall–Kier alpha value is -2.53. The van der Waals surface area contributed by atoms with Crippen molar-refractivity contribution < 1.29 is 9.15 Å². The lowest BCUT2D eigenvalue weighted by Gasteiger charge is -2.17. The molecule has 5 nitrogen and oxygen atoms in total. The van der Waals surface area contributed by atoms with E-state index in [4.69, 9.17) is 9.15 Å². The van der Waals surface area contributed by atoms with E-state index < -0.39 is 5.76 Å². The van der Waals surface area contributed by atoms with Gasteiger partial charge in [0, 0.05) is 0 Å². The maximum atomic E-state index is 11.2. The van der Waals surface area contributed by atoms with Crippen LogP contribution in [0, 0.1) is 0 Å². The van der Waals surface area contributed by atoms with Crippen molar-refractivity contribution in [1.82, 2.24) is 10.3 Å². The minimum Gasteiger partial charge on any atom is -0.497 e. The standard InChI is InChI=1S/C16H16N2O3/c1-17-15(10-4-3-5-12(8-10)20-2)11-6-7-13-14(9-11)21-16(19)18-13/h3-9,15,17H,1-2H3,(H,18,19). The Morgan fingerprint density at radius 2 is 2.00 bits per heavy atom. The molecule has 108 valence electrons. The molecular formula is C16H16N2O3. The fourth-order valence-electron chi connectivity index (χ4n) is 2.49. The van der Waals surface area contributed by atoms with Crippen molar-refractivity contribution in [3.8, 4) is 5.75 Å². The maximum Gasteiger partial charge on any atom is 0.417 e. The summed E-state index contributed by atoms with van der Waals surface area (Å²) in [6, 6.07) is 13.5. The molecule has 0 bridgehead atoms. The molecule has 0 aliphatic heterocycles. The largest absolute Gasteiger partial charge is 0.497 e. The molecule has 0 fully saturated rings. The molecule has 2 aromatic carbocycles. The molecule has 21 heavy (non-hydrogen) atoms. The molecule has 0 amide bonds. The summed E-state index contributed by atoms with van der Waals surface area (Å²) in [7, 11) is 3.54. The number of hydrogen-bond donors (Lipinski definition) is 2. The SMILES string of the molecule is CNC(c1cccc(OC)c1)c1ccc2[nH]c(=O)oc2c1. The van der Waals surface area contributed by atoms with Crippen LogP contribution in [0.5, 0.6) is 5.75 Å². The van der Waals surface area contributed by atoms with Crippen LogP contribution >= 0.6 is 0 Å². The van der Waals surface area contributed by atoms with Gasteiger partial charge in [0.2, 0.25) is 0 Å². The summed E-state index contributed by atoms with van der Waals surface area (Å²) in [6.45, 7) is 0. The molecule has 0 aliphatic rings. The van der Waals surface area contributed by atoms with Crippen molar-refractivity contribution in [2.45, 2.75) is 6.04 Å². The van der Waals surface area contributed by atoms with Gasteiger partial charge in [-0.2, -0.15) is 0 Å². The third kappa shape index (κ3) is 2.55. The quantitative estimate of drug-likeness (QED) is 0.772. The average molecular weight is 284 g/mol. The first-order valence-corrected chi connectivity index (χ1v) is 6.65. The van der Waals surface area contributed by atoms with Crippen molar-refractivity contribution in [1.29, 1.82) is 0 Å². The molecule has 3 aromatic rings. The third-order valence-electron chi connectivity index (χ3n) is 3.49. The van der Waals surface area contributed by atoms with Gasteiger partial charge in [-0.25, -0.2) is 4.79 Å². The molecule has 1 heterocycles. The minimum atomic E-state index is -0.440. The van der Waals surface area contributed by atoms with Crippen LogP contribution in [-0.2, 0) is 0 Å². The topological polar surface area (TPSA) is 67.3 Å². The number of ether oxygens (including phenoxy) is 1. The second-order valence-corrected chi connectivity index (χ2v) is 4.77. The summed E-state index contributed by atoms with van der Waals surface area (Å²) in [6.07, 6.45) is 0. The summed E-state index contributed by atoms with van der Waals surface area (Å²) in [5.74, 6) is 0.367.